The molecule has 0 heterocycles. The van der Waals surface area contributed by atoms with E-state index in [-0.39, 0.29) is 0 Å². The zero-order chi connectivity index (χ0) is 13.8. The van der Waals surface area contributed by atoms with Gasteiger partial charge in [-0.1, -0.05) is 31.5 Å². The van der Waals surface area contributed by atoms with E-state index in [1.54, 1.807) is 6.07 Å². The summed E-state index contributed by atoms with van der Waals surface area (Å²) in [5.74, 6) is 0. The Balaban J connectivity index is 2.42. The molecule has 0 bridgehead atoms. The van der Waals surface area contributed by atoms with Crippen LogP contribution in [0.3, 0.4) is 0 Å². The number of nitrogens with two attached hydrogens (primary N) is 2. The number of rotatable bonds is 4. The SMILES string of the molecule is CCCCc1ccc(C)c(-c2cc(N)cc(N)c2)c1. The lowest BCUT2D eigenvalue weighted by Crippen LogP contribution is -1.94. The van der Waals surface area contributed by atoms with E-state index in [1.165, 1.54) is 29.5 Å². The molecule has 2 aromatic carbocycles. The van der Waals surface area contributed by atoms with Crippen molar-refractivity contribution in [1.82, 2.24) is 0 Å². The van der Waals surface area contributed by atoms with Crippen LogP contribution in [-0.2, 0) is 6.42 Å². The molecule has 2 nitrogen and oxygen atoms in total. The molecule has 2 heteroatoms. The van der Waals surface area contributed by atoms with Gasteiger partial charge in [0, 0.05) is 11.4 Å². The van der Waals surface area contributed by atoms with Crippen molar-refractivity contribution >= 4 is 11.4 Å². The standard InChI is InChI=1S/C17H22N2/c1-3-4-5-13-7-6-12(2)17(8-13)14-9-15(18)11-16(19)10-14/h6-11H,3-5,18-19H2,1-2H3. The first-order valence-electron chi connectivity index (χ1n) is 6.86. The fraction of sp³-hybridized carbons (Fsp3) is 0.294. The minimum Gasteiger partial charge on any atom is -0.399 e. The zero-order valence-corrected chi connectivity index (χ0v) is 11.7. The Morgan fingerprint density at radius 3 is 2.26 bits per heavy atom. The van der Waals surface area contributed by atoms with Crippen LogP contribution in [0, 0.1) is 6.92 Å². The summed E-state index contributed by atoms with van der Waals surface area (Å²) >= 11 is 0. The van der Waals surface area contributed by atoms with Gasteiger partial charge in [0.05, 0.1) is 0 Å². The van der Waals surface area contributed by atoms with Crippen LogP contribution in [0.2, 0.25) is 0 Å². The van der Waals surface area contributed by atoms with E-state index < -0.39 is 0 Å². The monoisotopic (exact) mass is 254 g/mol. The topological polar surface area (TPSA) is 52.0 Å². The summed E-state index contributed by atoms with van der Waals surface area (Å²) in [5, 5.41) is 0. The molecule has 2 rings (SSSR count). The van der Waals surface area contributed by atoms with Crippen molar-refractivity contribution in [3.63, 3.8) is 0 Å². The number of benzene rings is 2. The third-order valence-electron chi connectivity index (χ3n) is 3.41. The first-order chi connectivity index (χ1) is 9.10. The molecule has 0 aromatic heterocycles. The number of hydrogen-bond donors (Lipinski definition) is 2. The normalized spacial score (nSPS) is 10.6. The highest BCUT2D eigenvalue weighted by Gasteiger charge is 2.05. The summed E-state index contributed by atoms with van der Waals surface area (Å²) in [6, 6.07) is 12.4. The first-order valence-corrected chi connectivity index (χ1v) is 6.86. The molecule has 0 atom stereocenters. The fourth-order valence-electron chi connectivity index (χ4n) is 2.35. The van der Waals surface area contributed by atoms with E-state index in [0.717, 1.165) is 12.0 Å². The van der Waals surface area contributed by atoms with Crippen molar-refractivity contribution in [2.24, 2.45) is 0 Å². The molecule has 0 saturated carbocycles. The average molecular weight is 254 g/mol. The Morgan fingerprint density at radius 1 is 0.947 bits per heavy atom. The summed E-state index contributed by atoms with van der Waals surface area (Å²) in [4.78, 5) is 0. The highest BCUT2D eigenvalue weighted by molar-refractivity contribution is 5.74. The second-order valence-corrected chi connectivity index (χ2v) is 5.14. The quantitative estimate of drug-likeness (QED) is 0.805. The molecule has 0 amide bonds. The van der Waals surface area contributed by atoms with Crippen LogP contribution < -0.4 is 11.5 Å². The van der Waals surface area contributed by atoms with Crippen LogP contribution in [0.25, 0.3) is 11.1 Å². The summed E-state index contributed by atoms with van der Waals surface area (Å²) in [6.45, 7) is 4.34. The predicted molar refractivity (Wildman–Crippen MR) is 84.1 cm³/mol. The van der Waals surface area contributed by atoms with Crippen LogP contribution in [0.1, 0.15) is 30.9 Å². The largest absolute Gasteiger partial charge is 0.399 e. The summed E-state index contributed by atoms with van der Waals surface area (Å²) in [5.41, 5.74) is 18.2. The van der Waals surface area contributed by atoms with E-state index in [1.807, 2.05) is 12.1 Å². The third kappa shape index (κ3) is 3.28. The minimum atomic E-state index is 0.716. The molecule has 0 radical (unpaired) electrons. The van der Waals surface area contributed by atoms with Gasteiger partial charge in [0.15, 0.2) is 0 Å². The highest BCUT2D eigenvalue weighted by atomic mass is 14.6. The van der Waals surface area contributed by atoms with Crippen molar-refractivity contribution in [3.8, 4) is 11.1 Å². The fourth-order valence-corrected chi connectivity index (χ4v) is 2.35. The summed E-state index contributed by atoms with van der Waals surface area (Å²) < 4.78 is 0. The van der Waals surface area contributed by atoms with Crippen molar-refractivity contribution in [2.75, 3.05) is 11.5 Å². The number of anilines is 2. The number of aryl methyl sites for hydroxylation is 2. The van der Waals surface area contributed by atoms with E-state index in [0.29, 0.717) is 11.4 Å². The smallest absolute Gasteiger partial charge is 0.0340 e. The van der Waals surface area contributed by atoms with E-state index in [4.69, 9.17) is 11.5 Å². The van der Waals surface area contributed by atoms with Crippen molar-refractivity contribution < 1.29 is 0 Å². The molecule has 0 spiro atoms. The van der Waals surface area contributed by atoms with Crippen LogP contribution >= 0.6 is 0 Å². The van der Waals surface area contributed by atoms with Gasteiger partial charge in [0.1, 0.15) is 0 Å². The number of unbranched alkanes of at least 4 members (excludes halogenated alkanes) is 1. The van der Waals surface area contributed by atoms with Crippen LogP contribution in [-0.4, -0.2) is 0 Å². The average Bonchev–Trinajstić information content (AvgIpc) is 2.36. The maximum atomic E-state index is 5.89. The van der Waals surface area contributed by atoms with Crippen LogP contribution in [0.5, 0.6) is 0 Å². The van der Waals surface area contributed by atoms with Gasteiger partial charge in [0.2, 0.25) is 0 Å². The van der Waals surface area contributed by atoms with Gasteiger partial charge in [-0.3, -0.25) is 0 Å². The van der Waals surface area contributed by atoms with Gasteiger partial charge in [-0.25, -0.2) is 0 Å². The van der Waals surface area contributed by atoms with Crippen LogP contribution in [0.15, 0.2) is 36.4 Å². The molecule has 0 fully saturated rings. The highest BCUT2D eigenvalue weighted by Crippen LogP contribution is 2.28. The Hall–Kier alpha value is -1.96. The number of nitrogen functional groups attached to an aromatic ring is 2. The Kier molecular flexibility index (Phi) is 4.10. The Morgan fingerprint density at radius 2 is 1.63 bits per heavy atom. The lowest BCUT2D eigenvalue weighted by molar-refractivity contribution is 0.795. The van der Waals surface area contributed by atoms with Gasteiger partial charge in [-0.15, -0.1) is 0 Å². The molecule has 0 aliphatic heterocycles. The Labute approximate surface area is 115 Å². The van der Waals surface area contributed by atoms with Crippen molar-refractivity contribution in [2.45, 2.75) is 33.1 Å². The van der Waals surface area contributed by atoms with E-state index in [2.05, 4.69) is 32.0 Å². The second-order valence-electron chi connectivity index (χ2n) is 5.14. The molecular formula is C17H22N2. The summed E-state index contributed by atoms with van der Waals surface area (Å²) in [7, 11) is 0. The minimum absolute atomic E-state index is 0.716. The predicted octanol–water partition coefficient (Wildman–Crippen LogP) is 4.17. The van der Waals surface area contributed by atoms with Gasteiger partial charge < -0.3 is 11.5 Å². The van der Waals surface area contributed by atoms with Gasteiger partial charge >= 0.3 is 0 Å². The van der Waals surface area contributed by atoms with Gasteiger partial charge in [-0.05, 0) is 60.2 Å². The first kappa shape index (κ1) is 13.5. The third-order valence-corrected chi connectivity index (χ3v) is 3.41. The lowest BCUT2D eigenvalue weighted by atomic mass is 9.95. The van der Waals surface area contributed by atoms with Crippen molar-refractivity contribution in [1.29, 1.82) is 0 Å². The molecule has 0 saturated heterocycles. The molecule has 0 unspecified atom stereocenters. The second kappa shape index (κ2) is 5.79. The van der Waals surface area contributed by atoms with Crippen molar-refractivity contribution in [3.05, 3.63) is 47.5 Å². The maximum absolute atomic E-state index is 5.89. The summed E-state index contributed by atoms with van der Waals surface area (Å²) in [6.07, 6.45) is 3.57. The van der Waals surface area contributed by atoms with E-state index >= 15 is 0 Å². The molecular weight excluding hydrogens is 232 g/mol. The Bertz CT molecular complexity index is 553. The lowest BCUT2D eigenvalue weighted by Gasteiger charge is -2.11. The maximum Gasteiger partial charge on any atom is 0.0340 e. The number of hydrogen-bond acceptors (Lipinski definition) is 2. The van der Waals surface area contributed by atoms with Crippen LogP contribution in [0.4, 0.5) is 11.4 Å². The van der Waals surface area contributed by atoms with E-state index in [9.17, 15) is 0 Å². The molecule has 19 heavy (non-hydrogen) atoms. The molecule has 4 N–H and O–H groups in total. The zero-order valence-electron chi connectivity index (χ0n) is 11.7. The molecule has 0 aliphatic carbocycles. The molecule has 100 valence electrons. The molecule has 0 aliphatic rings. The van der Waals surface area contributed by atoms with Gasteiger partial charge in [-0.2, -0.15) is 0 Å². The van der Waals surface area contributed by atoms with Gasteiger partial charge in [0.25, 0.3) is 0 Å². The molecule has 2 aromatic rings.